The molecule has 0 bridgehead atoms. The van der Waals surface area contributed by atoms with E-state index in [4.69, 9.17) is 5.41 Å². The van der Waals surface area contributed by atoms with Gasteiger partial charge in [-0.2, -0.15) is 0 Å². The Balaban J connectivity index is -0.000000143. The SMILES string of the molecule is C.CC(=N)C(C)C.CCC(C)=NC. The van der Waals surface area contributed by atoms with Crippen LogP contribution in [0.1, 0.15) is 48.5 Å². The zero-order valence-corrected chi connectivity index (χ0v) is 9.23. The Labute approximate surface area is 84.0 Å². The molecule has 2 nitrogen and oxygen atoms in total. The summed E-state index contributed by atoms with van der Waals surface area (Å²) in [6.07, 6.45) is 1.08. The van der Waals surface area contributed by atoms with Crippen molar-refractivity contribution in [2.45, 2.75) is 48.5 Å². The largest absolute Gasteiger partial charge is 0.310 e. The van der Waals surface area contributed by atoms with Crippen LogP contribution >= 0.6 is 0 Å². The van der Waals surface area contributed by atoms with Gasteiger partial charge in [0.1, 0.15) is 0 Å². The molecule has 0 saturated carbocycles. The van der Waals surface area contributed by atoms with Crippen molar-refractivity contribution in [3.63, 3.8) is 0 Å². The van der Waals surface area contributed by atoms with Crippen molar-refractivity contribution >= 4 is 11.4 Å². The van der Waals surface area contributed by atoms with E-state index in [1.165, 1.54) is 5.71 Å². The van der Waals surface area contributed by atoms with Crippen LogP contribution in [0.3, 0.4) is 0 Å². The number of aliphatic imine (C=N–C) groups is 1. The third-order valence-electron chi connectivity index (χ3n) is 1.76. The molecule has 80 valence electrons. The molecule has 0 amide bonds. The average Bonchev–Trinajstić information content (AvgIpc) is 2.04. The summed E-state index contributed by atoms with van der Waals surface area (Å²) < 4.78 is 0. The Kier molecular flexibility index (Phi) is 15.9. The Morgan fingerprint density at radius 3 is 1.62 bits per heavy atom. The normalized spacial score (nSPS) is 9.92. The number of rotatable bonds is 2. The zero-order valence-electron chi connectivity index (χ0n) is 9.23. The van der Waals surface area contributed by atoms with E-state index in [9.17, 15) is 0 Å². The summed E-state index contributed by atoms with van der Waals surface area (Å²) in [4.78, 5) is 3.92. The van der Waals surface area contributed by atoms with E-state index < -0.39 is 0 Å². The number of hydrogen-bond donors (Lipinski definition) is 1. The van der Waals surface area contributed by atoms with Crippen molar-refractivity contribution in [2.24, 2.45) is 10.9 Å². The minimum Gasteiger partial charge on any atom is -0.310 e. The molecule has 0 saturated heterocycles. The van der Waals surface area contributed by atoms with Gasteiger partial charge >= 0.3 is 0 Å². The standard InChI is InChI=1S/2C5H11N.CH4/c1-4-5(2)6-3;1-4(2)5(3)6;/h4H2,1-3H3;4,6H,1-3H3;1H4. The molecule has 13 heavy (non-hydrogen) atoms. The molecule has 0 aromatic carbocycles. The summed E-state index contributed by atoms with van der Waals surface area (Å²) >= 11 is 0. The van der Waals surface area contributed by atoms with Gasteiger partial charge in [0.2, 0.25) is 0 Å². The van der Waals surface area contributed by atoms with Crippen LogP contribution in [-0.2, 0) is 0 Å². The fraction of sp³-hybridized carbons (Fsp3) is 0.818. The van der Waals surface area contributed by atoms with Gasteiger partial charge in [0.15, 0.2) is 0 Å². The van der Waals surface area contributed by atoms with Crippen LogP contribution in [0.15, 0.2) is 4.99 Å². The van der Waals surface area contributed by atoms with Crippen LogP contribution in [0.2, 0.25) is 0 Å². The van der Waals surface area contributed by atoms with Crippen LogP contribution in [0, 0.1) is 11.3 Å². The first-order chi connectivity index (χ1) is 5.45. The summed E-state index contributed by atoms with van der Waals surface area (Å²) in [7, 11) is 1.82. The summed E-state index contributed by atoms with van der Waals surface area (Å²) in [6.45, 7) is 9.98. The average molecular weight is 186 g/mol. The Morgan fingerprint density at radius 2 is 1.62 bits per heavy atom. The second-order valence-corrected chi connectivity index (χ2v) is 3.15. The van der Waals surface area contributed by atoms with Gasteiger partial charge in [-0.1, -0.05) is 28.2 Å². The topological polar surface area (TPSA) is 36.2 Å². The van der Waals surface area contributed by atoms with Gasteiger partial charge in [-0.3, -0.25) is 4.99 Å². The van der Waals surface area contributed by atoms with Gasteiger partial charge in [0.05, 0.1) is 0 Å². The summed E-state index contributed by atoms with van der Waals surface area (Å²) in [5.41, 5.74) is 1.98. The van der Waals surface area contributed by atoms with Crippen LogP contribution in [0.4, 0.5) is 0 Å². The van der Waals surface area contributed by atoms with Gasteiger partial charge < -0.3 is 5.41 Å². The lowest BCUT2D eigenvalue weighted by Crippen LogP contribution is -1.97. The third kappa shape index (κ3) is 18.4. The molecular formula is C11H26N2. The Bertz CT molecular complexity index is 146. The molecular weight excluding hydrogens is 160 g/mol. The maximum Gasteiger partial charge on any atom is 0.0276 e. The highest BCUT2D eigenvalue weighted by Gasteiger charge is 1.90. The van der Waals surface area contributed by atoms with Gasteiger partial charge in [-0.05, 0) is 26.2 Å². The minimum atomic E-state index is 0. The van der Waals surface area contributed by atoms with E-state index in [2.05, 4.69) is 11.9 Å². The quantitative estimate of drug-likeness (QED) is 0.637. The lowest BCUT2D eigenvalue weighted by Gasteiger charge is -1.95. The van der Waals surface area contributed by atoms with Crippen LogP contribution in [0.5, 0.6) is 0 Å². The van der Waals surface area contributed by atoms with Crippen LogP contribution in [-0.4, -0.2) is 18.5 Å². The zero-order chi connectivity index (χ0) is 10.1. The number of nitrogens with one attached hydrogen (secondary N) is 1. The van der Waals surface area contributed by atoms with Crippen LogP contribution < -0.4 is 0 Å². The monoisotopic (exact) mass is 186 g/mol. The van der Waals surface area contributed by atoms with E-state index >= 15 is 0 Å². The fourth-order valence-corrected chi connectivity index (χ4v) is 0.158. The number of hydrogen-bond acceptors (Lipinski definition) is 2. The van der Waals surface area contributed by atoms with Gasteiger partial charge in [0.25, 0.3) is 0 Å². The molecule has 0 heterocycles. The molecule has 0 spiro atoms. The summed E-state index contributed by atoms with van der Waals surface area (Å²) in [6, 6.07) is 0. The molecule has 0 aliphatic heterocycles. The molecule has 1 N–H and O–H groups in total. The van der Waals surface area contributed by atoms with Crippen molar-refractivity contribution in [1.29, 1.82) is 5.41 Å². The summed E-state index contributed by atoms with van der Waals surface area (Å²) in [5, 5.41) is 6.95. The molecule has 0 aliphatic rings. The van der Waals surface area contributed by atoms with Crippen molar-refractivity contribution in [3.05, 3.63) is 0 Å². The second kappa shape index (κ2) is 11.3. The molecule has 0 aromatic rings. The molecule has 2 heteroatoms. The molecule has 0 atom stereocenters. The molecule has 0 aromatic heterocycles. The van der Waals surface area contributed by atoms with Gasteiger partial charge in [0, 0.05) is 18.5 Å². The van der Waals surface area contributed by atoms with E-state index in [0.717, 1.165) is 12.1 Å². The number of nitrogens with zero attached hydrogens (tertiary/aromatic N) is 1. The second-order valence-electron chi connectivity index (χ2n) is 3.15. The van der Waals surface area contributed by atoms with E-state index in [0.29, 0.717) is 5.92 Å². The fourth-order valence-electron chi connectivity index (χ4n) is 0.158. The third-order valence-corrected chi connectivity index (χ3v) is 1.76. The molecule has 0 aliphatic carbocycles. The molecule has 0 radical (unpaired) electrons. The molecule has 0 rings (SSSR count). The van der Waals surface area contributed by atoms with E-state index in [-0.39, 0.29) is 7.43 Å². The van der Waals surface area contributed by atoms with Crippen molar-refractivity contribution in [1.82, 2.24) is 0 Å². The smallest absolute Gasteiger partial charge is 0.0276 e. The first kappa shape index (κ1) is 18.2. The predicted octanol–water partition coefficient (Wildman–Crippen LogP) is 3.81. The highest BCUT2D eigenvalue weighted by Crippen LogP contribution is 1.90. The summed E-state index contributed by atoms with van der Waals surface area (Å²) in [5.74, 6) is 0.435. The first-order valence-electron chi connectivity index (χ1n) is 4.42. The van der Waals surface area contributed by atoms with E-state index in [1.54, 1.807) is 0 Å². The highest BCUT2D eigenvalue weighted by atomic mass is 14.7. The Morgan fingerprint density at radius 1 is 1.31 bits per heavy atom. The minimum absolute atomic E-state index is 0. The van der Waals surface area contributed by atoms with Crippen molar-refractivity contribution in [2.75, 3.05) is 7.05 Å². The van der Waals surface area contributed by atoms with Gasteiger partial charge in [-0.15, -0.1) is 0 Å². The predicted molar refractivity (Wildman–Crippen MR) is 64.3 cm³/mol. The molecule has 0 fully saturated rings. The van der Waals surface area contributed by atoms with Crippen molar-refractivity contribution < 1.29 is 0 Å². The maximum absolute atomic E-state index is 6.95. The maximum atomic E-state index is 6.95. The highest BCUT2D eigenvalue weighted by molar-refractivity contribution is 5.81. The lowest BCUT2D eigenvalue weighted by molar-refractivity contribution is 0.871. The van der Waals surface area contributed by atoms with Crippen molar-refractivity contribution in [3.8, 4) is 0 Å². The van der Waals surface area contributed by atoms with Crippen LogP contribution in [0.25, 0.3) is 0 Å². The first-order valence-corrected chi connectivity index (χ1v) is 4.42. The van der Waals surface area contributed by atoms with Gasteiger partial charge in [-0.25, -0.2) is 0 Å². The molecule has 0 unspecified atom stereocenters. The Hall–Kier alpha value is -0.660. The van der Waals surface area contributed by atoms with E-state index in [1.807, 2.05) is 34.7 Å². The lowest BCUT2D eigenvalue weighted by atomic mass is 10.1.